The average Bonchev–Trinajstić information content (AvgIpc) is 3.27. The van der Waals surface area contributed by atoms with Gasteiger partial charge in [-0.05, 0) is 48.0 Å². The number of aromatic nitrogens is 2. The summed E-state index contributed by atoms with van der Waals surface area (Å²) in [6, 6.07) is 27.1. The summed E-state index contributed by atoms with van der Waals surface area (Å²) in [5, 5.41) is 4.75. The zero-order valence-corrected chi connectivity index (χ0v) is 17.1. The van der Waals surface area contributed by atoms with Crippen LogP contribution in [0.15, 0.2) is 97.2 Å². The van der Waals surface area contributed by atoms with Crippen LogP contribution in [-0.2, 0) is 16.1 Å². The molecule has 0 spiro atoms. The first-order chi connectivity index (χ1) is 15.2. The van der Waals surface area contributed by atoms with Gasteiger partial charge in [-0.3, -0.25) is 0 Å². The zero-order valence-electron chi connectivity index (χ0n) is 17.1. The summed E-state index contributed by atoms with van der Waals surface area (Å²) in [4.78, 5) is 12.2. The van der Waals surface area contributed by atoms with Crippen molar-refractivity contribution in [2.45, 2.75) is 6.61 Å². The molecule has 3 aromatic carbocycles. The first-order valence-electron chi connectivity index (χ1n) is 9.91. The van der Waals surface area contributed by atoms with E-state index >= 15 is 0 Å². The molecule has 1 aromatic heterocycles. The third-order valence-electron chi connectivity index (χ3n) is 4.75. The summed E-state index contributed by atoms with van der Waals surface area (Å²) in [5.41, 5.74) is 4.38. The molecule has 0 unspecified atom stereocenters. The Morgan fingerprint density at radius 3 is 2.29 bits per heavy atom. The largest absolute Gasteiger partial charge is 0.497 e. The van der Waals surface area contributed by atoms with Gasteiger partial charge in [-0.15, -0.1) is 0 Å². The Bertz CT molecular complexity index is 1160. The number of para-hydroxylation sites is 1. The molecule has 0 fully saturated rings. The SMILES string of the molecule is COc1ccc(-c2nn(-c3ccccc3)cc2C=CC(=O)OCc2ccccc2)cc1. The molecule has 0 bridgehead atoms. The lowest BCUT2D eigenvalue weighted by atomic mass is 10.1. The minimum absolute atomic E-state index is 0.235. The van der Waals surface area contributed by atoms with Gasteiger partial charge in [0.1, 0.15) is 12.4 Å². The third kappa shape index (κ3) is 5.08. The van der Waals surface area contributed by atoms with Crippen molar-refractivity contribution >= 4 is 12.0 Å². The van der Waals surface area contributed by atoms with Crippen molar-refractivity contribution in [2.75, 3.05) is 7.11 Å². The van der Waals surface area contributed by atoms with Crippen LogP contribution in [0.4, 0.5) is 0 Å². The van der Waals surface area contributed by atoms with Crippen LogP contribution in [-0.4, -0.2) is 22.9 Å². The molecule has 5 heteroatoms. The Hall–Kier alpha value is -4.12. The topological polar surface area (TPSA) is 53.4 Å². The van der Waals surface area contributed by atoms with Crippen LogP contribution < -0.4 is 4.74 Å². The van der Waals surface area contributed by atoms with Gasteiger partial charge >= 0.3 is 5.97 Å². The molecule has 4 aromatic rings. The highest BCUT2D eigenvalue weighted by Crippen LogP contribution is 2.26. The van der Waals surface area contributed by atoms with Crippen LogP contribution >= 0.6 is 0 Å². The fourth-order valence-corrected chi connectivity index (χ4v) is 3.13. The fourth-order valence-electron chi connectivity index (χ4n) is 3.13. The van der Waals surface area contributed by atoms with Gasteiger partial charge in [0.05, 0.1) is 18.5 Å². The monoisotopic (exact) mass is 410 g/mol. The van der Waals surface area contributed by atoms with Crippen molar-refractivity contribution in [1.82, 2.24) is 9.78 Å². The highest BCUT2D eigenvalue weighted by molar-refractivity contribution is 5.88. The average molecular weight is 410 g/mol. The van der Waals surface area contributed by atoms with E-state index in [9.17, 15) is 4.79 Å². The van der Waals surface area contributed by atoms with Gasteiger partial charge in [-0.1, -0.05) is 48.5 Å². The fraction of sp³-hybridized carbons (Fsp3) is 0.0769. The lowest BCUT2D eigenvalue weighted by Crippen LogP contribution is -2.00. The van der Waals surface area contributed by atoms with Gasteiger partial charge in [-0.2, -0.15) is 5.10 Å². The van der Waals surface area contributed by atoms with Gasteiger partial charge < -0.3 is 9.47 Å². The molecule has 0 aliphatic carbocycles. The van der Waals surface area contributed by atoms with E-state index in [1.54, 1.807) is 17.9 Å². The molecule has 0 aliphatic heterocycles. The van der Waals surface area contributed by atoms with Crippen LogP contribution in [0.2, 0.25) is 0 Å². The Balaban J connectivity index is 1.59. The molecule has 0 radical (unpaired) electrons. The molecular formula is C26H22N2O3. The van der Waals surface area contributed by atoms with Gasteiger partial charge in [0, 0.05) is 23.4 Å². The number of benzene rings is 3. The van der Waals surface area contributed by atoms with Crippen LogP contribution in [0.3, 0.4) is 0 Å². The molecule has 154 valence electrons. The highest BCUT2D eigenvalue weighted by atomic mass is 16.5. The Labute approximate surface area is 181 Å². The normalized spacial score (nSPS) is 10.9. The van der Waals surface area contributed by atoms with Gasteiger partial charge in [0.25, 0.3) is 0 Å². The number of carbonyl (C=O) groups is 1. The molecular weight excluding hydrogens is 388 g/mol. The van der Waals surface area contributed by atoms with Crippen LogP contribution in [0, 0.1) is 0 Å². The Morgan fingerprint density at radius 1 is 0.935 bits per heavy atom. The molecule has 1 heterocycles. The summed E-state index contributed by atoms with van der Waals surface area (Å²) in [6.45, 7) is 0.235. The number of hydrogen-bond donors (Lipinski definition) is 0. The molecule has 0 saturated carbocycles. The molecule has 0 atom stereocenters. The summed E-state index contributed by atoms with van der Waals surface area (Å²) in [6.07, 6.45) is 5.07. The molecule has 0 saturated heterocycles. The second-order valence-electron chi connectivity index (χ2n) is 6.87. The smallest absolute Gasteiger partial charge is 0.331 e. The van der Waals surface area contributed by atoms with Gasteiger partial charge in [0.15, 0.2) is 0 Å². The second-order valence-corrected chi connectivity index (χ2v) is 6.87. The number of carbonyl (C=O) groups excluding carboxylic acids is 1. The molecule has 4 rings (SSSR count). The van der Waals surface area contributed by atoms with E-state index in [2.05, 4.69) is 0 Å². The minimum Gasteiger partial charge on any atom is -0.497 e. The zero-order chi connectivity index (χ0) is 21.5. The predicted octanol–water partition coefficient (Wildman–Crippen LogP) is 5.30. The first kappa shape index (κ1) is 20.2. The van der Waals surface area contributed by atoms with Crippen molar-refractivity contribution in [3.63, 3.8) is 0 Å². The molecule has 0 aliphatic rings. The second kappa shape index (κ2) is 9.59. The van der Waals surface area contributed by atoms with E-state index in [0.717, 1.165) is 33.8 Å². The van der Waals surface area contributed by atoms with Crippen LogP contribution in [0.25, 0.3) is 23.0 Å². The number of nitrogens with zero attached hydrogens (tertiary/aromatic N) is 2. The minimum atomic E-state index is -0.406. The maximum atomic E-state index is 12.2. The number of ether oxygens (including phenoxy) is 2. The first-order valence-corrected chi connectivity index (χ1v) is 9.91. The number of methoxy groups -OCH3 is 1. The number of rotatable bonds is 7. The van der Waals surface area contributed by atoms with E-state index < -0.39 is 5.97 Å². The van der Waals surface area contributed by atoms with E-state index in [1.807, 2.05) is 91.1 Å². The highest BCUT2D eigenvalue weighted by Gasteiger charge is 2.11. The van der Waals surface area contributed by atoms with Crippen molar-refractivity contribution in [2.24, 2.45) is 0 Å². The van der Waals surface area contributed by atoms with Crippen LogP contribution in [0.1, 0.15) is 11.1 Å². The Kier molecular flexibility index (Phi) is 6.24. The summed E-state index contributed by atoms with van der Waals surface area (Å²) >= 11 is 0. The maximum Gasteiger partial charge on any atom is 0.331 e. The summed E-state index contributed by atoms with van der Waals surface area (Å²) in [5.74, 6) is 0.366. The van der Waals surface area contributed by atoms with E-state index in [4.69, 9.17) is 14.6 Å². The number of esters is 1. The summed E-state index contributed by atoms with van der Waals surface area (Å²) < 4.78 is 12.4. The van der Waals surface area contributed by atoms with Crippen LogP contribution in [0.5, 0.6) is 5.75 Å². The quantitative estimate of drug-likeness (QED) is 0.306. The van der Waals surface area contributed by atoms with Crippen molar-refractivity contribution in [3.05, 3.63) is 108 Å². The van der Waals surface area contributed by atoms with Crippen molar-refractivity contribution in [1.29, 1.82) is 0 Å². The molecule has 0 amide bonds. The molecule has 0 N–H and O–H groups in total. The molecule has 5 nitrogen and oxygen atoms in total. The lowest BCUT2D eigenvalue weighted by molar-refractivity contribution is -0.138. The van der Waals surface area contributed by atoms with Gasteiger partial charge in [0.2, 0.25) is 0 Å². The Morgan fingerprint density at radius 2 is 1.61 bits per heavy atom. The van der Waals surface area contributed by atoms with E-state index in [-0.39, 0.29) is 6.61 Å². The maximum absolute atomic E-state index is 12.2. The number of hydrogen-bond acceptors (Lipinski definition) is 4. The molecule has 31 heavy (non-hydrogen) atoms. The van der Waals surface area contributed by atoms with E-state index in [0.29, 0.717) is 0 Å². The van der Waals surface area contributed by atoms with E-state index in [1.165, 1.54) is 6.08 Å². The predicted molar refractivity (Wildman–Crippen MR) is 121 cm³/mol. The van der Waals surface area contributed by atoms with Gasteiger partial charge in [-0.25, -0.2) is 9.48 Å². The van der Waals surface area contributed by atoms with Crippen molar-refractivity contribution < 1.29 is 14.3 Å². The third-order valence-corrected chi connectivity index (χ3v) is 4.75. The standard InChI is InChI=1S/C26H22N2O3/c1-30-24-15-12-21(13-16-24)26-22(18-28(27-26)23-10-6-3-7-11-23)14-17-25(29)31-19-20-8-4-2-5-9-20/h2-18H,19H2,1H3. The van der Waals surface area contributed by atoms with Crippen molar-refractivity contribution in [3.8, 4) is 22.7 Å². The summed E-state index contributed by atoms with van der Waals surface area (Å²) in [7, 11) is 1.63. The lowest BCUT2D eigenvalue weighted by Gasteiger charge is -2.03.